The second-order valence-corrected chi connectivity index (χ2v) is 5.24. The molecule has 1 aromatic heterocycles. The Bertz CT molecular complexity index is 782. The van der Waals surface area contributed by atoms with E-state index in [0.29, 0.717) is 6.54 Å². The van der Waals surface area contributed by atoms with Gasteiger partial charge in [-0.1, -0.05) is 42.5 Å². The number of halogens is 1. The summed E-state index contributed by atoms with van der Waals surface area (Å²) < 4.78 is 5.80. The maximum Gasteiger partial charge on any atom is 0.335 e. The number of aromatic carboxylic acids is 1. The molecule has 0 bridgehead atoms. The van der Waals surface area contributed by atoms with E-state index in [1.54, 1.807) is 24.3 Å². The summed E-state index contributed by atoms with van der Waals surface area (Å²) >= 11 is 0. The third-order valence-electron chi connectivity index (χ3n) is 3.55. The van der Waals surface area contributed by atoms with Gasteiger partial charge in [-0.3, -0.25) is 0 Å². The maximum atomic E-state index is 10.9. The zero-order valence-corrected chi connectivity index (χ0v) is 13.8. The molecule has 24 heavy (non-hydrogen) atoms. The van der Waals surface area contributed by atoms with Gasteiger partial charge in [0.25, 0.3) is 0 Å². The Hall–Kier alpha value is -2.56. The Labute approximate surface area is 146 Å². The van der Waals surface area contributed by atoms with Crippen LogP contribution in [0.4, 0.5) is 0 Å². The lowest BCUT2D eigenvalue weighted by molar-refractivity contribution is 0.0697. The average Bonchev–Trinajstić information content (AvgIpc) is 3.05. The van der Waals surface area contributed by atoms with Gasteiger partial charge in [0.15, 0.2) is 0 Å². The zero-order chi connectivity index (χ0) is 16.1. The van der Waals surface area contributed by atoms with Crippen LogP contribution in [0.25, 0.3) is 11.3 Å². The van der Waals surface area contributed by atoms with E-state index in [4.69, 9.17) is 9.52 Å². The van der Waals surface area contributed by atoms with E-state index in [9.17, 15) is 4.79 Å². The van der Waals surface area contributed by atoms with Gasteiger partial charge in [0.2, 0.25) is 0 Å². The highest BCUT2D eigenvalue weighted by atomic mass is 35.5. The third-order valence-corrected chi connectivity index (χ3v) is 3.55. The first-order valence-corrected chi connectivity index (χ1v) is 7.39. The molecule has 1 heterocycles. The summed E-state index contributed by atoms with van der Waals surface area (Å²) in [6.45, 7) is 1.42. The SMILES string of the molecule is Cl.O=C(O)c1ccc(-c2ccc(CNCc3ccccc3)o2)cc1. The molecule has 3 rings (SSSR count). The summed E-state index contributed by atoms with van der Waals surface area (Å²) in [7, 11) is 0. The molecule has 0 fully saturated rings. The van der Waals surface area contributed by atoms with Crippen molar-refractivity contribution in [2.24, 2.45) is 0 Å². The molecule has 5 heteroatoms. The van der Waals surface area contributed by atoms with Crippen molar-refractivity contribution in [2.75, 3.05) is 0 Å². The molecule has 0 radical (unpaired) electrons. The van der Waals surface area contributed by atoms with Gasteiger partial charge in [0, 0.05) is 12.1 Å². The average molecular weight is 344 g/mol. The minimum absolute atomic E-state index is 0. The number of nitrogens with one attached hydrogen (secondary N) is 1. The van der Waals surface area contributed by atoms with Crippen LogP contribution in [0.1, 0.15) is 21.7 Å². The van der Waals surface area contributed by atoms with Crippen LogP contribution < -0.4 is 5.32 Å². The van der Waals surface area contributed by atoms with Crippen LogP contribution in [0.15, 0.2) is 71.1 Å². The molecule has 0 saturated heterocycles. The number of carboxylic acid groups (broad SMARTS) is 1. The standard InChI is InChI=1S/C19H17NO3.ClH/c21-19(22)16-8-6-15(7-9-16)18-11-10-17(23-18)13-20-12-14-4-2-1-3-5-14;/h1-11,20H,12-13H2,(H,21,22);1H. The Morgan fingerprint density at radius 2 is 1.62 bits per heavy atom. The first kappa shape index (κ1) is 17.8. The fourth-order valence-corrected chi connectivity index (χ4v) is 2.33. The molecule has 0 aliphatic carbocycles. The lowest BCUT2D eigenvalue weighted by Crippen LogP contribution is -2.11. The van der Waals surface area contributed by atoms with Crippen molar-refractivity contribution in [1.29, 1.82) is 0 Å². The third kappa shape index (κ3) is 4.47. The summed E-state index contributed by atoms with van der Waals surface area (Å²) in [4.78, 5) is 10.9. The number of rotatable bonds is 6. The van der Waals surface area contributed by atoms with E-state index >= 15 is 0 Å². The maximum absolute atomic E-state index is 10.9. The molecule has 0 amide bonds. The van der Waals surface area contributed by atoms with Crippen molar-refractivity contribution in [2.45, 2.75) is 13.1 Å². The fraction of sp³-hybridized carbons (Fsp3) is 0.105. The van der Waals surface area contributed by atoms with Crippen LogP contribution in [0, 0.1) is 0 Å². The lowest BCUT2D eigenvalue weighted by Gasteiger charge is -2.03. The molecule has 4 nitrogen and oxygen atoms in total. The normalized spacial score (nSPS) is 10.2. The zero-order valence-electron chi connectivity index (χ0n) is 12.9. The van der Waals surface area contributed by atoms with Gasteiger partial charge in [0.05, 0.1) is 12.1 Å². The highest BCUT2D eigenvalue weighted by Gasteiger charge is 2.07. The first-order chi connectivity index (χ1) is 11.2. The van der Waals surface area contributed by atoms with Crippen molar-refractivity contribution >= 4 is 18.4 Å². The summed E-state index contributed by atoms with van der Waals surface area (Å²) in [5, 5.41) is 12.2. The monoisotopic (exact) mass is 343 g/mol. The van der Waals surface area contributed by atoms with Crippen LogP contribution in [-0.2, 0) is 13.1 Å². The summed E-state index contributed by atoms with van der Waals surface area (Å²) in [6.07, 6.45) is 0. The molecular weight excluding hydrogens is 326 g/mol. The fourth-order valence-electron chi connectivity index (χ4n) is 2.33. The van der Waals surface area contributed by atoms with Crippen molar-refractivity contribution < 1.29 is 14.3 Å². The Morgan fingerprint density at radius 1 is 0.917 bits per heavy atom. The summed E-state index contributed by atoms with van der Waals surface area (Å²) in [5.41, 5.74) is 2.36. The van der Waals surface area contributed by atoms with Crippen molar-refractivity contribution in [1.82, 2.24) is 5.32 Å². The predicted molar refractivity (Wildman–Crippen MR) is 95.3 cm³/mol. The van der Waals surface area contributed by atoms with E-state index in [1.165, 1.54) is 5.56 Å². The van der Waals surface area contributed by atoms with Gasteiger partial charge in [0.1, 0.15) is 11.5 Å². The lowest BCUT2D eigenvalue weighted by atomic mass is 10.1. The second kappa shape index (κ2) is 8.34. The molecule has 0 aliphatic rings. The number of hydrogen-bond acceptors (Lipinski definition) is 3. The van der Waals surface area contributed by atoms with E-state index < -0.39 is 5.97 Å². The number of benzene rings is 2. The van der Waals surface area contributed by atoms with Crippen molar-refractivity contribution in [3.05, 3.63) is 83.6 Å². The van der Waals surface area contributed by atoms with Gasteiger partial charge in [-0.2, -0.15) is 0 Å². The van der Waals surface area contributed by atoms with Gasteiger partial charge in [-0.15, -0.1) is 12.4 Å². The molecule has 0 saturated carbocycles. The Balaban J connectivity index is 0.00000208. The molecule has 2 N–H and O–H groups in total. The topological polar surface area (TPSA) is 62.5 Å². The Kier molecular flexibility index (Phi) is 6.18. The molecular formula is C19H18ClNO3. The number of carboxylic acids is 1. The van der Waals surface area contributed by atoms with Crippen LogP contribution >= 0.6 is 12.4 Å². The summed E-state index contributed by atoms with van der Waals surface area (Å²) in [5.74, 6) is 0.651. The quantitative estimate of drug-likeness (QED) is 0.698. The predicted octanol–water partition coefficient (Wildman–Crippen LogP) is 4.36. The molecule has 124 valence electrons. The minimum atomic E-state index is -0.929. The van der Waals surface area contributed by atoms with Crippen molar-refractivity contribution in [3.8, 4) is 11.3 Å². The second-order valence-electron chi connectivity index (χ2n) is 5.24. The van der Waals surface area contributed by atoms with Crippen LogP contribution in [0.2, 0.25) is 0 Å². The molecule has 0 spiro atoms. The number of hydrogen-bond donors (Lipinski definition) is 2. The first-order valence-electron chi connectivity index (χ1n) is 7.39. The Morgan fingerprint density at radius 3 is 2.29 bits per heavy atom. The van der Waals surface area contributed by atoms with E-state index in [-0.39, 0.29) is 18.0 Å². The van der Waals surface area contributed by atoms with E-state index in [2.05, 4.69) is 17.4 Å². The van der Waals surface area contributed by atoms with Crippen LogP contribution in [0.5, 0.6) is 0 Å². The molecule has 0 unspecified atom stereocenters. The largest absolute Gasteiger partial charge is 0.478 e. The minimum Gasteiger partial charge on any atom is -0.478 e. The van der Waals surface area contributed by atoms with Crippen molar-refractivity contribution in [3.63, 3.8) is 0 Å². The molecule has 3 aromatic rings. The number of furan rings is 1. The highest BCUT2D eigenvalue weighted by Crippen LogP contribution is 2.22. The molecule has 0 aliphatic heterocycles. The van der Waals surface area contributed by atoms with Gasteiger partial charge in [-0.25, -0.2) is 4.79 Å². The number of carbonyl (C=O) groups is 1. The van der Waals surface area contributed by atoms with Gasteiger partial charge < -0.3 is 14.8 Å². The van der Waals surface area contributed by atoms with Gasteiger partial charge >= 0.3 is 5.97 Å². The van der Waals surface area contributed by atoms with Crippen LogP contribution in [0.3, 0.4) is 0 Å². The van der Waals surface area contributed by atoms with E-state index in [1.807, 2.05) is 30.3 Å². The highest BCUT2D eigenvalue weighted by molar-refractivity contribution is 5.88. The smallest absolute Gasteiger partial charge is 0.335 e. The van der Waals surface area contributed by atoms with E-state index in [0.717, 1.165) is 23.6 Å². The molecule has 0 atom stereocenters. The van der Waals surface area contributed by atoms with Gasteiger partial charge in [-0.05, 0) is 29.8 Å². The summed E-state index contributed by atoms with van der Waals surface area (Å²) in [6, 6.07) is 20.7. The molecule has 2 aromatic carbocycles. The van der Waals surface area contributed by atoms with Crippen LogP contribution in [-0.4, -0.2) is 11.1 Å².